The third-order valence-electron chi connectivity index (χ3n) is 4.44. The molecule has 128 valence electrons. The van der Waals surface area contributed by atoms with Gasteiger partial charge in [0, 0.05) is 11.4 Å². The summed E-state index contributed by atoms with van der Waals surface area (Å²) in [6, 6.07) is 9.99. The molecule has 2 aromatic heterocycles. The van der Waals surface area contributed by atoms with Crippen molar-refractivity contribution in [1.82, 2.24) is 14.8 Å². The molecule has 0 fully saturated rings. The van der Waals surface area contributed by atoms with Crippen molar-refractivity contribution in [3.05, 3.63) is 48.3 Å². The van der Waals surface area contributed by atoms with Crippen molar-refractivity contribution in [2.75, 3.05) is 11.9 Å². The minimum absolute atomic E-state index is 0.0492. The average molecular weight is 336 g/mol. The Kier molecular flexibility index (Phi) is 3.87. The van der Waals surface area contributed by atoms with E-state index in [4.69, 9.17) is 4.74 Å². The lowest BCUT2D eigenvalue weighted by Crippen LogP contribution is -2.32. The highest BCUT2D eigenvalue weighted by Crippen LogP contribution is 2.27. The number of fused-ring (bicyclic) bond motifs is 2. The minimum atomic E-state index is -0.205. The molecule has 0 saturated carbocycles. The van der Waals surface area contributed by atoms with E-state index in [1.807, 2.05) is 35.0 Å². The quantitative estimate of drug-likeness (QED) is 0.797. The van der Waals surface area contributed by atoms with Crippen LogP contribution in [0.4, 0.5) is 5.69 Å². The Morgan fingerprint density at radius 3 is 3.00 bits per heavy atom. The van der Waals surface area contributed by atoms with Crippen LogP contribution in [0.3, 0.4) is 0 Å². The third kappa shape index (κ3) is 2.95. The normalized spacial score (nSPS) is 16.5. The summed E-state index contributed by atoms with van der Waals surface area (Å²) >= 11 is 0. The molecule has 25 heavy (non-hydrogen) atoms. The summed E-state index contributed by atoms with van der Waals surface area (Å²) in [6.45, 7) is 4.51. The first-order valence-corrected chi connectivity index (χ1v) is 8.46. The van der Waals surface area contributed by atoms with E-state index in [0.717, 1.165) is 22.3 Å². The van der Waals surface area contributed by atoms with E-state index in [0.29, 0.717) is 18.7 Å². The number of anilines is 1. The Hall–Kier alpha value is -2.89. The van der Waals surface area contributed by atoms with Gasteiger partial charge in [-0.15, -0.1) is 0 Å². The summed E-state index contributed by atoms with van der Waals surface area (Å²) in [5, 5.41) is 8.22. The number of carbonyl (C=O) groups is 1. The summed E-state index contributed by atoms with van der Waals surface area (Å²) < 4.78 is 7.57. The van der Waals surface area contributed by atoms with Crippen LogP contribution in [-0.4, -0.2) is 27.3 Å². The van der Waals surface area contributed by atoms with Crippen LogP contribution in [0.25, 0.3) is 11.0 Å². The molecular formula is C19H20N4O2. The lowest BCUT2D eigenvalue weighted by molar-refractivity contribution is -0.121. The zero-order valence-electron chi connectivity index (χ0n) is 14.3. The van der Waals surface area contributed by atoms with Gasteiger partial charge in [-0.2, -0.15) is 5.10 Å². The molecule has 6 heteroatoms. The Balaban J connectivity index is 1.50. The van der Waals surface area contributed by atoms with Crippen LogP contribution in [0, 0.1) is 5.92 Å². The van der Waals surface area contributed by atoms with Crippen molar-refractivity contribution >= 4 is 22.6 Å². The standard InChI is InChI=1S/C19H20N4O2/c1-12(2)23-18-14(9-21-23)8-16(10-20-18)22-19(24)15-7-13-5-3-4-6-17(13)25-11-15/h3-6,8-10,12,15H,7,11H2,1-2H3,(H,22,24)/t15-/m0/s1. The number of hydrogen-bond donors (Lipinski definition) is 1. The van der Waals surface area contributed by atoms with Gasteiger partial charge in [-0.25, -0.2) is 9.67 Å². The van der Waals surface area contributed by atoms with Gasteiger partial charge in [-0.1, -0.05) is 18.2 Å². The molecule has 6 nitrogen and oxygen atoms in total. The Bertz CT molecular complexity index is 932. The molecule has 0 bridgehead atoms. The lowest BCUT2D eigenvalue weighted by Gasteiger charge is -2.24. The van der Waals surface area contributed by atoms with E-state index >= 15 is 0 Å². The van der Waals surface area contributed by atoms with Gasteiger partial charge in [0.1, 0.15) is 12.4 Å². The van der Waals surface area contributed by atoms with Crippen molar-refractivity contribution in [3.63, 3.8) is 0 Å². The molecule has 0 radical (unpaired) electrons. The zero-order valence-corrected chi connectivity index (χ0v) is 14.3. The molecule has 3 aromatic rings. The molecule has 1 N–H and O–H groups in total. The maximum absolute atomic E-state index is 12.6. The Morgan fingerprint density at radius 1 is 1.32 bits per heavy atom. The summed E-state index contributed by atoms with van der Waals surface area (Å²) in [4.78, 5) is 17.0. The van der Waals surface area contributed by atoms with E-state index < -0.39 is 0 Å². The van der Waals surface area contributed by atoms with Crippen LogP contribution >= 0.6 is 0 Å². The molecule has 1 aliphatic rings. The largest absolute Gasteiger partial charge is 0.492 e. The van der Waals surface area contributed by atoms with Crippen LogP contribution in [0.15, 0.2) is 42.7 Å². The molecule has 1 aliphatic heterocycles. The van der Waals surface area contributed by atoms with Crippen molar-refractivity contribution in [3.8, 4) is 5.75 Å². The first-order chi connectivity index (χ1) is 12.1. The average Bonchev–Trinajstić information content (AvgIpc) is 3.04. The van der Waals surface area contributed by atoms with Crippen LogP contribution in [0.1, 0.15) is 25.5 Å². The number of benzene rings is 1. The first-order valence-electron chi connectivity index (χ1n) is 8.46. The molecule has 4 rings (SSSR count). The molecule has 1 aromatic carbocycles. The molecule has 3 heterocycles. The van der Waals surface area contributed by atoms with Crippen molar-refractivity contribution < 1.29 is 9.53 Å². The monoisotopic (exact) mass is 336 g/mol. The number of nitrogens with one attached hydrogen (secondary N) is 1. The van der Waals surface area contributed by atoms with Gasteiger partial charge in [-0.05, 0) is 38.0 Å². The number of nitrogens with zero attached hydrogens (tertiary/aromatic N) is 3. The predicted octanol–water partition coefficient (Wildman–Crippen LogP) is 3.20. The predicted molar refractivity (Wildman–Crippen MR) is 95.7 cm³/mol. The molecule has 0 unspecified atom stereocenters. The van der Waals surface area contributed by atoms with Crippen molar-refractivity contribution in [1.29, 1.82) is 0 Å². The third-order valence-corrected chi connectivity index (χ3v) is 4.44. The second kappa shape index (κ2) is 6.20. The number of rotatable bonds is 3. The summed E-state index contributed by atoms with van der Waals surface area (Å²) in [6.07, 6.45) is 4.14. The molecule has 1 atom stereocenters. The molecule has 1 amide bonds. The van der Waals surface area contributed by atoms with Gasteiger partial charge in [0.2, 0.25) is 5.91 Å². The van der Waals surface area contributed by atoms with E-state index in [1.54, 1.807) is 12.4 Å². The van der Waals surface area contributed by atoms with Gasteiger partial charge in [-0.3, -0.25) is 4.79 Å². The Labute approximate surface area is 145 Å². The fourth-order valence-corrected chi connectivity index (χ4v) is 3.13. The van der Waals surface area contributed by atoms with E-state index in [-0.39, 0.29) is 17.9 Å². The maximum atomic E-state index is 12.6. The number of para-hydroxylation sites is 1. The smallest absolute Gasteiger partial charge is 0.231 e. The molecule has 0 spiro atoms. The number of pyridine rings is 1. The van der Waals surface area contributed by atoms with Crippen LogP contribution in [0.5, 0.6) is 5.75 Å². The number of aromatic nitrogens is 3. The summed E-state index contributed by atoms with van der Waals surface area (Å²) in [5.74, 6) is 0.617. The maximum Gasteiger partial charge on any atom is 0.231 e. The van der Waals surface area contributed by atoms with Crippen LogP contribution < -0.4 is 10.1 Å². The fourth-order valence-electron chi connectivity index (χ4n) is 3.13. The number of ether oxygens (including phenoxy) is 1. The number of amides is 1. The van der Waals surface area contributed by atoms with Gasteiger partial charge in [0.05, 0.1) is 24.0 Å². The molecular weight excluding hydrogens is 316 g/mol. The minimum Gasteiger partial charge on any atom is -0.492 e. The van der Waals surface area contributed by atoms with Gasteiger partial charge in [0.25, 0.3) is 0 Å². The number of carbonyl (C=O) groups excluding carboxylic acids is 1. The van der Waals surface area contributed by atoms with E-state index in [1.165, 1.54) is 0 Å². The van der Waals surface area contributed by atoms with Crippen LogP contribution in [0.2, 0.25) is 0 Å². The molecule has 0 aliphatic carbocycles. The molecule has 0 saturated heterocycles. The van der Waals surface area contributed by atoms with Crippen LogP contribution in [-0.2, 0) is 11.2 Å². The van der Waals surface area contributed by atoms with Crippen molar-refractivity contribution in [2.24, 2.45) is 5.92 Å². The zero-order chi connectivity index (χ0) is 17.4. The van der Waals surface area contributed by atoms with Gasteiger partial charge < -0.3 is 10.1 Å². The second-order valence-corrected chi connectivity index (χ2v) is 6.63. The second-order valence-electron chi connectivity index (χ2n) is 6.63. The Morgan fingerprint density at radius 2 is 2.16 bits per heavy atom. The highest BCUT2D eigenvalue weighted by atomic mass is 16.5. The topological polar surface area (TPSA) is 69.0 Å². The number of hydrogen-bond acceptors (Lipinski definition) is 4. The van der Waals surface area contributed by atoms with E-state index in [2.05, 4.69) is 29.2 Å². The van der Waals surface area contributed by atoms with E-state index in [9.17, 15) is 4.79 Å². The summed E-state index contributed by atoms with van der Waals surface area (Å²) in [5.41, 5.74) is 2.57. The highest BCUT2D eigenvalue weighted by molar-refractivity contribution is 5.94. The van der Waals surface area contributed by atoms with Crippen molar-refractivity contribution in [2.45, 2.75) is 26.3 Å². The van der Waals surface area contributed by atoms with Gasteiger partial charge >= 0.3 is 0 Å². The summed E-state index contributed by atoms with van der Waals surface area (Å²) in [7, 11) is 0. The fraction of sp³-hybridized carbons (Fsp3) is 0.316. The highest BCUT2D eigenvalue weighted by Gasteiger charge is 2.26. The SMILES string of the molecule is CC(C)n1ncc2cc(NC(=O)[C@@H]3COc4ccccc4C3)cnc21. The lowest BCUT2D eigenvalue weighted by atomic mass is 9.96. The van der Waals surface area contributed by atoms with Gasteiger partial charge in [0.15, 0.2) is 5.65 Å². The first kappa shape index (κ1) is 15.6.